The first-order valence-corrected chi connectivity index (χ1v) is 5.55. The van der Waals surface area contributed by atoms with Gasteiger partial charge in [0.1, 0.15) is 5.75 Å². The van der Waals surface area contributed by atoms with Gasteiger partial charge in [0.05, 0.1) is 18.4 Å². The zero-order valence-electron chi connectivity index (χ0n) is 10.2. The molecule has 2 N–H and O–H groups in total. The molecule has 1 heterocycles. The van der Waals surface area contributed by atoms with Crippen molar-refractivity contribution < 1.29 is 24.2 Å². The summed E-state index contributed by atoms with van der Waals surface area (Å²) < 4.78 is 5.09. The molecule has 1 saturated heterocycles. The van der Waals surface area contributed by atoms with E-state index < -0.39 is 12.0 Å². The van der Waals surface area contributed by atoms with Crippen molar-refractivity contribution in [1.82, 2.24) is 5.32 Å². The van der Waals surface area contributed by atoms with E-state index in [0.717, 1.165) is 0 Å². The number of carboxylic acid groups (broad SMARTS) is 1. The van der Waals surface area contributed by atoms with E-state index in [9.17, 15) is 14.4 Å². The average Bonchev–Trinajstić information content (AvgIpc) is 2.38. The Morgan fingerprint density at radius 2 is 2.16 bits per heavy atom. The molecule has 2 rings (SSSR count). The lowest BCUT2D eigenvalue weighted by molar-refractivity contribution is -0.120. The lowest BCUT2D eigenvalue weighted by Gasteiger charge is -2.27. The fourth-order valence-corrected chi connectivity index (χ4v) is 1.83. The Morgan fingerprint density at radius 3 is 2.74 bits per heavy atom. The third-order valence-corrected chi connectivity index (χ3v) is 2.77. The fourth-order valence-electron chi connectivity index (χ4n) is 1.83. The van der Waals surface area contributed by atoms with Crippen LogP contribution in [-0.4, -0.2) is 36.7 Å². The average molecular weight is 264 g/mol. The predicted molar refractivity (Wildman–Crippen MR) is 65.5 cm³/mol. The third-order valence-electron chi connectivity index (χ3n) is 2.77. The maximum atomic E-state index is 11.7. The van der Waals surface area contributed by atoms with E-state index in [1.54, 1.807) is 0 Å². The molecule has 100 valence electrons. The van der Waals surface area contributed by atoms with E-state index >= 15 is 0 Å². The molecule has 0 aliphatic carbocycles. The second kappa shape index (κ2) is 4.97. The van der Waals surface area contributed by atoms with Gasteiger partial charge in [0.2, 0.25) is 5.91 Å². The number of anilines is 1. The third kappa shape index (κ3) is 2.49. The van der Waals surface area contributed by atoms with Gasteiger partial charge in [0.25, 0.3) is 0 Å². The molecule has 0 radical (unpaired) electrons. The largest absolute Gasteiger partial charge is 0.495 e. The number of carbonyl (C=O) groups is 3. The molecule has 1 aliphatic rings. The van der Waals surface area contributed by atoms with Crippen molar-refractivity contribution in [2.24, 2.45) is 0 Å². The zero-order chi connectivity index (χ0) is 14.0. The number of carboxylic acids is 1. The van der Waals surface area contributed by atoms with E-state index in [1.807, 2.05) is 0 Å². The lowest BCUT2D eigenvalue weighted by Crippen LogP contribution is -2.49. The summed E-state index contributed by atoms with van der Waals surface area (Å²) in [4.78, 5) is 35.0. The van der Waals surface area contributed by atoms with Gasteiger partial charge in [0, 0.05) is 13.0 Å². The van der Waals surface area contributed by atoms with E-state index in [1.165, 1.54) is 30.2 Å². The molecule has 19 heavy (non-hydrogen) atoms. The number of imide groups is 1. The number of rotatable bonds is 3. The van der Waals surface area contributed by atoms with Crippen molar-refractivity contribution >= 4 is 23.6 Å². The standard InChI is InChI=1S/C12H12N2O5/c1-19-9-6-7(11(16)17)2-3-8(9)14-5-4-10(15)13-12(14)18/h2-3,6H,4-5H2,1H3,(H,16,17)(H,13,15,18). The van der Waals surface area contributed by atoms with Crippen molar-refractivity contribution in [3.8, 4) is 5.75 Å². The fraction of sp³-hybridized carbons (Fsp3) is 0.250. The number of hydrogen-bond donors (Lipinski definition) is 2. The van der Waals surface area contributed by atoms with Crippen LogP contribution in [-0.2, 0) is 4.79 Å². The number of benzene rings is 1. The summed E-state index contributed by atoms with van der Waals surface area (Å²) in [5.41, 5.74) is 0.492. The normalized spacial score (nSPS) is 15.1. The van der Waals surface area contributed by atoms with Crippen LogP contribution in [0.1, 0.15) is 16.8 Å². The van der Waals surface area contributed by atoms with Crippen LogP contribution in [0.4, 0.5) is 10.5 Å². The Hall–Kier alpha value is -2.57. The molecular formula is C12H12N2O5. The first-order chi connectivity index (χ1) is 9.02. The molecule has 1 aliphatic heterocycles. The minimum Gasteiger partial charge on any atom is -0.495 e. The molecule has 0 aromatic heterocycles. The maximum absolute atomic E-state index is 11.7. The highest BCUT2D eigenvalue weighted by Crippen LogP contribution is 2.30. The van der Waals surface area contributed by atoms with Gasteiger partial charge in [-0.25, -0.2) is 9.59 Å². The smallest absolute Gasteiger partial charge is 0.335 e. The highest BCUT2D eigenvalue weighted by molar-refractivity contribution is 6.06. The van der Waals surface area contributed by atoms with Crippen LogP contribution in [0.15, 0.2) is 18.2 Å². The number of hydrogen-bond acceptors (Lipinski definition) is 4. The van der Waals surface area contributed by atoms with Crippen molar-refractivity contribution in [3.05, 3.63) is 23.8 Å². The highest BCUT2D eigenvalue weighted by atomic mass is 16.5. The van der Waals surface area contributed by atoms with Crippen LogP contribution in [0.25, 0.3) is 0 Å². The van der Waals surface area contributed by atoms with E-state index in [4.69, 9.17) is 9.84 Å². The Labute approximate surface area is 108 Å². The summed E-state index contributed by atoms with van der Waals surface area (Å²) >= 11 is 0. The Bertz CT molecular complexity index is 555. The van der Waals surface area contributed by atoms with Crippen molar-refractivity contribution in [2.45, 2.75) is 6.42 Å². The number of nitrogens with one attached hydrogen (secondary N) is 1. The summed E-state index contributed by atoms with van der Waals surface area (Å²) in [5.74, 6) is -1.14. The summed E-state index contributed by atoms with van der Waals surface area (Å²) in [6.07, 6.45) is 0.190. The lowest BCUT2D eigenvalue weighted by atomic mass is 10.1. The number of ether oxygens (including phenoxy) is 1. The molecule has 7 heteroatoms. The van der Waals surface area contributed by atoms with E-state index in [0.29, 0.717) is 5.69 Å². The Kier molecular flexibility index (Phi) is 3.37. The van der Waals surface area contributed by atoms with Crippen molar-refractivity contribution in [1.29, 1.82) is 0 Å². The summed E-state index contributed by atoms with van der Waals surface area (Å²) in [6, 6.07) is 3.65. The van der Waals surface area contributed by atoms with Gasteiger partial charge in [-0.15, -0.1) is 0 Å². The minimum atomic E-state index is -1.08. The molecule has 1 fully saturated rings. The molecule has 0 spiro atoms. The molecule has 0 unspecified atom stereocenters. The van der Waals surface area contributed by atoms with Gasteiger partial charge >= 0.3 is 12.0 Å². The maximum Gasteiger partial charge on any atom is 0.335 e. The quantitative estimate of drug-likeness (QED) is 0.843. The van der Waals surface area contributed by atoms with Gasteiger partial charge in [-0.1, -0.05) is 0 Å². The van der Waals surface area contributed by atoms with Crippen LogP contribution in [0, 0.1) is 0 Å². The van der Waals surface area contributed by atoms with Crippen LogP contribution in [0.3, 0.4) is 0 Å². The zero-order valence-corrected chi connectivity index (χ0v) is 10.2. The van der Waals surface area contributed by atoms with Crippen molar-refractivity contribution in [2.75, 3.05) is 18.6 Å². The van der Waals surface area contributed by atoms with Crippen LogP contribution < -0.4 is 15.0 Å². The van der Waals surface area contributed by atoms with E-state index in [2.05, 4.69) is 5.32 Å². The van der Waals surface area contributed by atoms with Crippen LogP contribution in [0.5, 0.6) is 5.75 Å². The van der Waals surface area contributed by atoms with Crippen LogP contribution in [0.2, 0.25) is 0 Å². The second-order valence-corrected chi connectivity index (χ2v) is 3.95. The van der Waals surface area contributed by atoms with Crippen molar-refractivity contribution in [3.63, 3.8) is 0 Å². The van der Waals surface area contributed by atoms with Gasteiger partial charge in [0.15, 0.2) is 0 Å². The Balaban J connectivity index is 2.36. The molecule has 0 saturated carbocycles. The monoisotopic (exact) mass is 264 g/mol. The summed E-state index contributed by atoms with van der Waals surface area (Å²) in [6.45, 7) is 0.230. The molecule has 0 bridgehead atoms. The van der Waals surface area contributed by atoms with Gasteiger partial charge in [-0.3, -0.25) is 15.0 Å². The van der Waals surface area contributed by atoms with Gasteiger partial charge in [-0.2, -0.15) is 0 Å². The summed E-state index contributed by atoms with van der Waals surface area (Å²) in [5, 5.41) is 11.1. The predicted octanol–water partition coefficient (Wildman–Crippen LogP) is 0.840. The topological polar surface area (TPSA) is 95.9 Å². The second-order valence-electron chi connectivity index (χ2n) is 3.95. The molecule has 7 nitrogen and oxygen atoms in total. The molecule has 0 atom stereocenters. The van der Waals surface area contributed by atoms with Gasteiger partial charge in [-0.05, 0) is 18.2 Å². The molecular weight excluding hydrogens is 252 g/mol. The first kappa shape index (κ1) is 12.9. The Morgan fingerprint density at radius 1 is 1.42 bits per heavy atom. The molecule has 3 amide bonds. The number of nitrogens with zero attached hydrogens (tertiary/aromatic N) is 1. The SMILES string of the molecule is COc1cc(C(=O)O)ccc1N1CCC(=O)NC1=O. The minimum absolute atomic E-state index is 0.0640. The number of amides is 3. The number of urea groups is 1. The number of methoxy groups -OCH3 is 1. The van der Waals surface area contributed by atoms with E-state index in [-0.39, 0.29) is 30.2 Å². The molecule has 1 aromatic carbocycles. The molecule has 1 aromatic rings. The first-order valence-electron chi connectivity index (χ1n) is 5.55. The van der Waals surface area contributed by atoms with Gasteiger partial charge < -0.3 is 9.84 Å². The summed E-state index contributed by atoms with van der Waals surface area (Å²) in [7, 11) is 1.39. The highest BCUT2D eigenvalue weighted by Gasteiger charge is 2.26. The van der Waals surface area contributed by atoms with Crippen LogP contribution >= 0.6 is 0 Å². The number of carbonyl (C=O) groups excluding carboxylic acids is 2. The number of aromatic carboxylic acids is 1.